The molecule has 0 aliphatic rings. The van der Waals surface area contributed by atoms with Crippen LogP contribution in [0.2, 0.25) is 0 Å². The fourth-order valence-electron chi connectivity index (χ4n) is 0.644. The Hall–Kier alpha value is -0.220. The van der Waals surface area contributed by atoms with Crippen molar-refractivity contribution in [3.8, 4) is 0 Å². The van der Waals surface area contributed by atoms with Crippen LogP contribution in [0.15, 0.2) is 17.4 Å². The van der Waals surface area contributed by atoms with Crippen LogP contribution in [0.1, 0.15) is 19.0 Å². The molecule has 0 bridgehead atoms. The first-order chi connectivity index (χ1) is 5.83. The van der Waals surface area contributed by atoms with Gasteiger partial charge in [-0.05, 0) is 30.2 Å². The van der Waals surface area contributed by atoms with E-state index >= 15 is 0 Å². The lowest BCUT2D eigenvalue weighted by Gasteiger charge is -1.97. The van der Waals surface area contributed by atoms with Gasteiger partial charge in [0.15, 0.2) is 5.16 Å². The molecule has 1 rings (SSSR count). The van der Waals surface area contributed by atoms with Gasteiger partial charge in [-0.2, -0.15) is 0 Å². The van der Waals surface area contributed by atoms with Crippen molar-refractivity contribution in [2.45, 2.75) is 25.4 Å². The molecule has 0 unspecified atom stereocenters. The van der Waals surface area contributed by atoms with Crippen molar-refractivity contribution in [1.82, 2.24) is 9.97 Å². The van der Waals surface area contributed by atoms with Crippen molar-refractivity contribution in [2.75, 3.05) is 5.75 Å². The van der Waals surface area contributed by atoms with Crippen molar-refractivity contribution in [3.63, 3.8) is 0 Å². The van der Waals surface area contributed by atoms with Gasteiger partial charge in [0, 0.05) is 17.6 Å². The maximum Gasteiger partial charge on any atom is 0.198 e. The summed E-state index contributed by atoms with van der Waals surface area (Å²) in [7, 11) is 3.46. The minimum atomic E-state index is 0.869. The fraction of sp³-hybridized carbons (Fsp3) is 0.500. The highest BCUT2D eigenvalue weighted by Gasteiger charge is 1.96. The summed E-state index contributed by atoms with van der Waals surface area (Å²) in [5.74, 6) is 1.15. The molecule has 1 aromatic heterocycles. The van der Waals surface area contributed by atoms with Crippen molar-refractivity contribution in [1.29, 1.82) is 0 Å². The van der Waals surface area contributed by atoms with Gasteiger partial charge in [-0.3, -0.25) is 0 Å². The largest absolute Gasteiger partial charge is 0.230 e. The molecule has 0 radical (unpaired) electrons. The predicted octanol–water partition coefficient (Wildman–Crippen LogP) is 2.94. The number of aromatic nitrogens is 2. The molecule has 1 heterocycles. The van der Waals surface area contributed by atoms with Crippen molar-refractivity contribution in [2.24, 2.45) is 0 Å². The van der Waals surface area contributed by atoms with E-state index in [9.17, 15) is 0 Å². The van der Waals surface area contributed by atoms with Crippen LogP contribution in [0, 0.1) is 6.92 Å². The molecule has 4 heteroatoms. The molecule has 0 amide bonds. The molecule has 12 heavy (non-hydrogen) atoms. The summed E-state index contributed by atoms with van der Waals surface area (Å²) in [5.41, 5.74) is 1.03. The van der Waals surface area contributed by atoms with Crippen LogP contribution >= 0.6 is 21.6 Å². The Morgan fingerprint density at radius 3 is 3.00 bits per heavy atom. The van der Waals surface area contributed by atoms with Gasteiger partial charge in [-0.15, -0.1) is 0 Å². The first-order valence-electron chi connectivity index (χ1n) is 3.92. The molecule has 1 aromatic rings. The molecule has 0 saturated heterocycles. The topological polar surface area (TPSA) is 25.8 Å². The van der Waals surface area contributed by atoms with E-state index in [2.05, 4.69) is 16.9 Å². The number of hydrogen-bond acceptors (Lipinski definition) is 4. The van der Waals surface area contributed by atoms with Crippen molar-refractivity contribution < 1.29 is 0 Å². The van der Waals surface area contributed by atoms with Crippen LogP contribution < -0.4 is 0 Å². The highest BCUT2D eigenvalue weighted by molar-refractivity contribution is 8.76. The quantitative estimate of drug-likeness (QED) is 0.424. The lowest BCUT2D eigenvalue weighted by Crippen LogP contribution is -1.86. The minimum Gasteiger partial charge on any atom is -0.230 e. The zero-order valence-electron chi connectivity index (χ0n) is 7.28. The van der Waals surface area contributed by atoms with Crippen LogP contribution in [-0.2, 0) is 0 Å². The molecule has 0 aliphatic carbocycles. The molecule has 0 N–H and O–H groups in total. The van der Waals surface area contributed by atoms with Gasteiger partial charge in [0.2, 0.25) is 0 Å². The second kappa shape index (κ2) is 5.43. The third kappa shape index (κ3) is 3.45. The van der Waals surface area contributed by atoms with Gasteiger partial charge < -0.3 is 0 Å². The van der Waals surface area contributed by atoms with Crippen molar-refractivity contribution in [3.05, 3.63) is 18.0 Å². The van der Waals surface area contributed by atoms with Gasteiger partial charge >= 0.3 is 0 Å². The van der Waals surface area contributed by atoms with Gasteiger partial charge in [-0.1, -0.05) is 17.7 Å². The molecule has 0 aromatic carbocycles. The Morgan fingerprint density at radius 1 is 1.50 bits per heavy atom. The maximum atomic E-state index is 4.28. The number of aryl methyl sites for hydroxylation is 1. The fourth-order valence-corrected chi connectivity index (χ4v) is 2.59. The van der Waals surface area contributed by atoms with Gasteiger partial charge in [-0.25, -0.2) is 9.97 Å². The van der Waals surface area contributed by atoms with E-state index in [1.165, 1.54) is 6.42 Å². The third-order valence-corrected chi connectivity index (χ3v) is 3.53. The zero-order chi connectivity index (χ0) is 8.81. The third-order valence-electron chi connectivity index (χ3n) is 1.19. The van der Waals surface area contributed by atoms with Gasteiger partial charge in [0.05, 0.1) is 0 Å². The summed E-state index contributed by atoms with van der Waals surface area (Å²) in [6.45, 7) is 4.15. The molecule has 66 valence electrons. The Bertz CT molecular complexity index is 240. The minimum absolute atomic E-state index is 0.869. The first-order valence-corrected chi connectivity index (χ1v) is 6.24. The van der Waals surface area contributed by atoms with E-state index in [1.807, 2.05) is 13.0 Å². The van der Waals surface area contributed by atoms with E-state index in [-0.39, 0.29) is 0 Å². The van der Waals surface area contributed by atoms with E-state index < -0.39 is 0 Å². The molecule has 0 atom stereocenters. The molecule has 0 aliphatic heterocycles. The SMILES string of the molecule is CCCSSc1nccc(C)n1. The smallest absolute Gasteiger partial charge is 0.198 e. The summed E-state index contributed by atoms with van der Waals surface area (Å²) in [4.78, 5) is 8.42. The van der Waals surface area contributed by atoms with Gasteiger partial charge in [0.1, 0.15) is 0 Å². The Labute approximate surface area is 81.0 Å². The summed E-state index contributed by atoms with van der Waals surface area (Å²) in [5, 5.41) is 0.869. The average molecular weight is 200 g/mol. The second-order valence-corrected chi connectivity index (χ2v) is 4.77. The molecule has 2 nitrogen and oxygen atoms in total. The van der Waals surface area contributed by atoms with Crippen LogP contribution in [0.3, 0.4) is 0 Å². The summed E-state index contributed by atoms with van der Waals surface area (Å²) in [6, 6.07) is 1.91. The molecule has 0 spiro atoms. The lowest BCUT2D eigenvalue weighted by molar-refractivity contribution is 0.937. The first kappa shape index (κ1) is 9.86. The zero-order valence-corrected chi connectivity index (χ0v) is 8.91. The molecular weight excluding hydrogens is 188 g/mol. The Kier molecular flexibility index (Phi) is 4.46. The van der Waals surface area contributed by atoms with E-state index in [0.717, 1.165) is 16.6 Å². The molecule has 0 saturated carbocycles. The van der Waals surface area contributed by atoms with Crippen LogP contribution in [-0.4, -0.2) is 15.7 Å². The predicted molar refractivity (Wildman–Crippen MR) is 55.4 cm³/mol. The molecular formula is C8H12N2S2. The maximum absolute atomic E-state index is 4.28. The van der Waals surface area contributed by atoms with Crippen LogP contribution in [0.5, 0.6) is 0 Å². The summed E-state index contributed by atoms with van der Waals surface area (Å²) < 4.78 is 0. The number of rotatable bonds is 4. The average Bonchev–Trinajstić information content (AvgIpc) is 2.05. The van der Waals surface area contributed by atoms with Crippen LogP contribution in [0.4, 0.5) is 0 Å². The normalized spacial score (nSPS) is 10.2. The molecule has 0 fully saturated rings. The highest BCUT2D eigenvalue weighted by atomic mass is 33.1. The lowest BCUT2D eigenvalue weighted by atomic mass is 10.5. The van der Waals surface area contributed by atoms with Crippen molar-refractivity contribution >= 4 is 21.6 Å². The van der Waals surface area contributed by atoms with E-state index in [4.69, 9.17) is 0 Å². The van der Waals surface area contributed by atoms with Gasteiger partial charge in [0.25, 0.3) is 0 Å². The summed E-state index contributed by atoms with van der Waals surface area (Å²) >= 11 is 0. The van der Waals surface area contributed by atoms with E-state index in [0.29, 0.717) is 0 Å². The summed E-state index contributed by atoms with van der Waals surface area (Å²) in [6.07, 6.45) is 3.00. The number of hydrogen-bond donors (Lipinski definition) is 0. The standard InChI is InChI=1S/C8H12N2S2/c1-3-6-11-12-8-9-5-4-7(2)10-8/h4-5H,3,6H2,1-2H3. The van der Waals surface area contributed by atoms with Crippen LogP contribution in [0.25, 0.3) is 0 Å². The highest BCUT2D eigenvalue weighted by Crippen LogP contribution is 2.27. The second-order valence-electron chi connectivity index (χ2n) is 2.39. The Balaban J connectivity index is 2.41. The number of nitrogens with zero attached hydrogens (tertiary/aromatic N) is 2. The Morgan fingerprint density at radius 2 is 2.33 bits per heavy atom. The van der Waals surface area contributed by atoms with E-state index in [1.54, 1.807) is 27.8 Å². The monoisotopic (exact) mass is 200 g/mol.